The molecule has 1 aromatic rings. The lowest BCUT2D eigenvalue weighted by Gasteiger charge is -2.19. The van der Waals surface area contributed by atoms with Crippen LogP contribution in [0.15, 0.2) is 4.42 Å². The summed E-state index contributed by atoms with van der Waals surface area (Å²) in [6.07, 6.45) is 6.29. The molecular weight excluding hydrogens is 222 g/mol. The normalized spacial score (nSPS) is 12.9. The van der Waals surface area contributed by atoms with Gasteiger partial charge in [-0.3, -0.25) is 0 Å². The number of hydrogen-bond donors (Lipinski definition) is 1. The lowest BCUT2D eigenvalue weighted by Crippen LogP contribution is -2.23. The van der Waals surface area contributed by atoms with Crippen molar-refractivity contribution in [1.29, 1.82) is 0 Å². The van der Waals surface area contributed by atoms with E-state index in [0.29, 0.717) is 6.04 Å². The molecule has 0 spiro atoms. The van der Waals surface area contributed by atoms with Crippen LogP contribution < -0.4 is 5.32 Å². The quantitative estimate of drug-likeness (QED) is 0.670. The zero-order chi connectivity index (χ0) is 13.5. The van der Waals surface area contributed by atoms with Crippen LogP contribution in [0, 0.1) is 20.8 Å². The van der Waals surface area contributed by atoms with E-state index in [1.165, 1.54) is 43.2 Å². The first kappa shape index (κ1) is 15.3. The fourth-order valence-corrected chi connectivity index (χ4v) is 2.59. The second-order valence-electron chi connectivity index (χ2n) is 5.26. The Kier molecular flexibility index (Phi) is 6.48. The SMILES string of the molecule is CCCCCC(NCCC)c1c(C)oc(C)c1C. The molecule has 0 aliphatic carbocycles. The Morgan fingerprint density at radius 1 is 1.00 bits per heavy atom. The van der Waals surface area contributed by atoms with Gasteiger partial charge in [0.15, 0.2) is 0 Å². The van der Waals surface area contributed by atoms with Gasteiger partial charge >= 0.3 is 0 Å². The van der Waals surface area contributed by atoms with E-state index in [1.807, 2.05) is 0 Å². The highest BCUT2D eigenvalue weighted by Crippen LogP contribution is 2.30. The zero-order valence-electron chi connectivity index (χ0n) is 12.7. The first-order valence-corrected chi connectivity index (χ1v) is 7.41. The first-order chi connectivity index (χ1) is 8.61. The minimum atomic E-state index is 0.467. The van der Waals surface area contributed by atoms with E-state index < -0.39 is 0 Å². The molecule has 2 nitrogen and oxygen atoms in total. The average Bonchev–Trinajstić information content (AvgIpc) is 2.59. The van der Waals surface area contributed by atoms with Crippen molar-refractivity contribution in [3.63, 3.8) is 0 Å². The topological polar surface area (TPSA) is 25.2 Å². The lowest BCUT2D eigenvalue weighted by molar-refractivity contribution is 0.454. The van der Waals surface area contributed by atoms with Gasteiger partial charge in [-0.05, 0) is 45.7 Å². The molecule has 0 saturated heterocycles. The van der Waals surface area contributed by atoms with E-state index in [2.05, 4.69) is 39.9 Å². The fraction of sp³-hybridized carbons (Fsp3) is 0.750. The predicted molar refractivity (Wildman–Crippen MR) is 78.1 cm³/mol. The third-order valence-corrected chi connectivity index (χ3v) is 3.70. The summed E-state index contributed by atoms with van der Waals surface area (Å²) in [5.41, 5.74) is 2.73. The number of nitrogens with one attached hydrogen (secondary N) is 1. The van der Waals surface area contributed by atoms with Gasteiger partial charge in [0.05, 0.1) is 0 Å². The van der Waals surface area contributed by atoms with Crippen molar-refractivity contribution >= 4 is 0 Å². The summed E-state index contributed by atoms with van der Waals surface area (Å²) >= 11 is 0. The zero-order valence-corrected chi connectivity index (χ0v) is 12.7. The van der Waals surface area contributed by atoms with Crippen molar-refractivity contribution in [2.75, 3.05) is 6.54 Å². The Labute approximate surface area is 112 Å². The van der Waals surface area contributed by atoms with Gasteiger partial charge < -0.3 is 9.73 Å². The van der Waals surface area contributed by atoms with Crippen molar-refractivity contribution in [2.24, 2.45) is 0 Å². The molecule has 0 aliphatic heterocycles. The summed E-state index contributed by atoms with van der Waals surface area (Å²) < 4.78 is 5.77. The first-order valence-electron chi connectivity index (χ1n) is 7.41. The molecule has 0 amide bonds. The van der Waals surface area contributed by atoms with Crippen LogP contribution in [0.3, 0.4) is 0 Å². The van der Waals surface area contributed by atoms with E-state index >= 15 is 0 Å². The van der Waals surface area contributed by atoms with Gasteiger partial charge in [-0.25, -0.2) is 0 Å². The van der Waals surface area contributed by atoms with Crippen LogP contribution in [-0.4, -0.2) is 6.54 Å². The molecule has 104 valence electrons. The molecule has 0 saturated carbocycles. The Balaban J connectivity index is 2.79. The molecule has 0 radical (unpaired) electrons. The molecular formula is C16H29NO. The van der Waals surface area contributed by atoms with Gasteiger partial charge in [-0.15, -0.1) is 0 Å². The summed E-state index contributed by atoms with van der Waals surface area (Å²) in [6.45, 7) is 11.9. The van der Waals surface area contributed by atoms with E-state index in [0.717, 1.165) is 18.1 Å². The van der Waals surface area contributed by atoms with Gasteiger partial charge in [0.25, 0.3) is 0 Å². The van der Waals surface area contributed by atoms with E-state index in [4.69, 9.17) is 4.42 Å². The largest absolute Gasteiger partial charge is 0.466 e. The molecule has 1 heterocycles. The van der Waals surface area contributed by atoms with Crippen molar-refractivity contribution < 1.29 is 4.42 Å². The lowest BCUT2D eigenvalue weighted by atomic mass is 9.97. The van der Waals surface area contributed by atoms with Gasteiger partial charge in [0, 0.05) is 11.6 Å². The van der Waals surface area contributed by atoms with Crippen LogP contribution in [0.4, 0.5) is 0 Å². The number of aryl methyl sites for hydroxylation is 2. The molecule has 0 bridgehead atoms. The average molecular weight is 251 g/mol. The van der Waals surface area contributed by atoms with Gasteiger partial charge in [0.1, 0.15) is 11.5 Å². The maximum Gasteiger partial charge on any atom is 0.106 e. The Morgan fingerprint density at radius 2 is 1.72 bits per heavy atom. The van der Waals surface area contributed by atoms with Crippen molar-refractivity contribution in [2.45, 2.75) is 72.8 Å². The van der Waals surface area contributed by atoms with Crippen molar-refractivity contribution in [3.8, 4) is 0 Å². The molecule has 0 aliphatic rings. The third kappa shape index (κ3) is 3.88. The number of rotatable bonds is 8. The predicted octanol–water partition coefficient (Wildman–Crippen LogP) is 4.83. The van der Waals surface area contributed by atoms with Crippen molar-refractivity contribution in [3.05, 3.63) is 22.6 Å². The summed E-state index contributed by atoms with van der Waals surface area (Å²) in [6, 6.07) is 0.467. The molecule has 0 aromatic carbocycles. The van der Waals surface area contributed by atoms with E-state index in [1.54, 1.807) is 0 Å². The molecule has 18 heavy (non-hydrogen) atoms. The standard InChI is InChI=1S/C16H29NO/c1-6-8-9-10-15(17-11-7-2)16-12(3)13(4)18-14(16)5/h15,17H,6-11H2,1-5H3. The third-order valence-electron chi connectivity index (χ3n) is 3.70. The minimum Gasteiger partial charge on any atom is -0.466 e. The number of unbranched alkanes of at least 4 members (excludes halogenated alkanes) is 2. The molecule has 2 heteroatoms. The number of hydrogen-bond acceptors (Lipinski definition) is 2. The van der Waals surface area contributed by atoms with Gasteiger partial charge in [0.2, 0.25) is 0 Å². The van der Waals surface area contributed by atoms with E-state index in [9.17, 15) is 0 Å². The minimum absolute atomic E-state index is 0.467. The van der Waals surface area contributed by atoms with Crippen LogP contribution in [-0.2, 0) is 0 Å². The molecule has 1 atom stereocenters. The molecule has 1 N–H and O–H groups in total. The maximum atomic E-state index is 5.77. The van der Waals surface area contributed by atoms with Crippen LogP contribution in [0.25, 0.3) is 0 Å². The molecule has 0 fully saturated rings. The van der Waals surface area contributed by atoms with Crippen LogP contribution in [0.2, 0.25) is 0 Å². The summed E-state index contributed by atoms with van der Waals surface area (Å²) in [7, 11) is 0. The highest BCUT2D eigenvalue weighted by atomic mass is 16.3. The summed E-state index contributed by atoms with van der Waals surface area (Å²) in [5.74, 6) is 2.16. The highest BCUT2D eigenvalue weighted by Gasteiger charge is 2.19. The molecule has 1 rings (SSSR count). The van der Waals surface area contributed by atoms with E-state index in [-0.39, 0.29) is 0 Å². The highest BCUT2D eigenvalue weighted by molar-refractivity contribution is 5.34. The second kappa shape index (κ2) is 7.63. The van der Waals surface area contributed by atoms with Crippen molar-refractivity contribution in [1.82, 2.24) is 5.32 Å². The van der Waals surface area contributed by atoms with Gasteiger partial charge in [-0.1, -0.05) is 33.1 Å². The smallest absolute Gasteiger partial charge is 0.106 e. The second-order valence-corrected chi connectivity index (χ2v) is 5.26. The van der Waals surface area contributed by atoms with Gasteiger partial charge in [-0.2, -0.15) is 0 Å². The molecule has 1 unspecified atom stereocenters. The monoisotopic (exact) mass is 251 g/mol. The summed E-state index contributed by atoms with van der Waals surface area (Å²) in [5, 5.41) is 3.68. The maximum absolute atomic E-state index is 5.77. The summed E-state index contributed by atoms with van der Waals surface area (Å²) in [4.78, 5) is 0. The number of furan rings is 1. The van der Waals surface area contributed by atoms with Crippen LogP contribution in [0.5, 0.6) is 0 Å². The fourth-order valence-electron chi connectivity index (χ4n) is 2.59. The Morgan fingerprint density at radius 3 is 2.22 bits per heavy atom. The Hall–Kier alpha value is -0.760. The van der Waals surface area contributed by atoms with Crippen LogP contribution >= 0.6 is 0 Å². The Bertz CT molecular complexity index is 354. The molecule has 1 aromatic heterocycles. The van der Waals surface area contributed by atoms with Crippen LogP contribution in [0.1, 0.15) is 74.6 Å².